The minimum Gasteiger partial charge on any atom is -0.478 e. The summed E-state index contributed by atoms with van der Waals surface area (Å²) in [6, 6.07) is 1.65. The monoisotopic (exact) mass is 242 g/mol. The molecule has 0 bridgehead atoms. The first-order chi connectivity index (χ1) is 7.60. The molecule has 0 spiro atoms. The highest BCUT2D eigenvalue weighted by Gasteiger charge is 2.14. The van der Waals surface area contributed by atoms with Crippen molar-refractivity contribution in [1.29, 1.82) is 0 Å². The Morgan fingerprint density at radius 2 is 2.19 bits per heavy atom. The minimum atomic E-state index is -1.04. The first kappa shape index (κ1) is 12.8. The Bertz CT molecular complexity index is 378. The molecule has 5 heteroatoms. The van der Waals surface area contributed by atoms with Gasteiger partial charge in [-0.05, 0) is 18.9 Å². The molecule has 0 aliphatic carbocycles. The van der Waals surface area contributed by atoms with Crippen LogP contribution in [0.5, 0.6) is 0 Å². The molecular weight excluding hydrogens is 228 g/mol. The number of carbonyl (C=O) groups is 1. The first-order valence-corrected chi connectivity index (χ1v) is 5.62. The number of rotatable bonds is 5. The van der Waals surface area contributed by atoms with Crippen LogP contribution in [-0.2, 0) is 0 Å². The predicted octanol–water partition coefficient (Wildman–Crippen LogP) is 3.03. The molecule has 2 N–H and O–H groups in total. The van der Waals surface area contributed by atoms with Crippen molar-refractivity contribution in [3.05, 3.63) is 22.8 Å². The molecule has 1 aromatic rings. The van der Waals surface area contributed by atoms with Crippen molar-refractivity contribution in [1.82, 2.24) is 4.98 Å². The first-order valence-electron chi connectivity index (χ1n) is 5.24. The molecule has 16 heavy (non-hydrogen) atoms. The van der Waals surface area contributed by atoms with Gasteiger partial charge in [0.05, 0.1) is 10.6 Å². The number of pyridine rings is 1. The van der Waals surface area contributed by atoms with Crippen LogP contribution >= 0.6 is 11.6 Å². The zero-order valence-corrected chi connectivity index (χ0v) is 10.1. The summed E-state index contributed by atoms with van der Waals surface area (Å²) in [5, 5.41) is 12.2. The Morgan fingerprint density at radius 1 is 1.56 bits per heavy atom. The summed E-state index contributed by atoms with van der Waals surface area (Å²) < 4.78 is 0. The van der Waals surface area contributed by atoms with E-state index in [1.165, 1.54) is 12.3 Å². The summed E-state index contributed by atoms with van der Waals surface area (Å²) in [7, 11) is 0. The van der Waals surface area contributed by atoms with Crippen LogP contribution in [0.4, 0.5) is 5.82 Å². The molecule has 88 valence electrons. The van der Waals surface area contributed by atoms with Gasteiger partial charge in [-0.1, -0.05) is 25.4 Å². The average molecular weight is 243 g/mol. The van der Waals surface area contributed by atoms with Gasteiger partial charge < -0.3 is 10.4 Å². The van der Waals surface area contributed by atoms with Gasteiger partial charge in [0.15, 0.2) is 0 Å². The molecular formula is C11H15ClN2O2. The molecule has 0 atom stereocenters. The highest BCUT2D eigenvalue weighted by Crippen LogP contribution is 2.24. The molecule has 0 saturated heterocycles. The average Bonchev–Trinajstić information content (AvgIpc) is 2.27. The molecule has 1 rings (SSSR count). The summed E-state index contributed by atoms with van der Waals surface area (Å²) in [5.74, 6) is -0.602. The van der Waals surface area contributed by atoms with Gasteiger partial charge in [0.1, 0.15) is 5.82 Å². The molecule has 0 unspecified atom stereocenters. The fourth-order valence-electron chi connectivity index (χ4n) is 1.40. The van der Waals surface area contributed by atoms with Gasteiger partial charge in [-0.25, -0.2) is 9.78 Å². The van der Waals surface area contributed by atoms with Gasteiger partial charge in [0.2, 0.25) is 0 Å². The smallest absolute Gasteiger partial charge is 0.337 e. The van der Waals surface area contributed by atoms with Crippen LogP contribution in [0.1, 0.15) is 37.0 Å². The molecule has 1 heterocycles. The van der Waals surface area contributed by atoms with Crippen molar-refractivity contribution < 1.29 is 9.90 Å². The highest BCUT2D eigenvalue weighted by atomic mass is 35.5. The number of carboxylic acid groups (broad SMARTS) is 1. The Hall–Kier alpha value is -1.29. The van der Waals surface area contributed by atoms with Crippen LogP contribution in [0.15, 0.2) is 12.3 Å². The van der Waals surface area contributed by atoms with Gasteiger partial charge in [-0.2, -0.15) is 0 Å². The largest absolute Gasteiger partial charge is 0.478 e. The SMILES string of the molecule is CCC(CC)Nc1nccc(C(=O)O)c1Cl. The molecule has 0 amide bonds. The van der Waals surface area contributed by atoms with Crippen molar-refractivity contribution >= 4 is 23.4 Å². The van der Waals surface area contributed by atoms with Gasteiger partial charge in [0, 0.05) is 12.2 Å². The van der Waals surface area contributed by atoms with Crippen molar-refractivity contribution in [2.24, 2.45) is 0 Å². The van der Waals surface area contributed by atoms with Crippen LogP contribution < -0.4 is 5.32 Å². The Labute approximate surface area is 99.6 Å². The van der Waals surface area contributed by atoms with E-state index < -0.39 is 5.97 Å². The predicted molar refractivity (Wildman–Crippen MR) is 64.2 cm³/mol. The van der Waals surface area contributed by atoms with E-state index in [2.05, 4.69) is 24.1 Å². The maximum absolute atomic E-state index is 10.9. The molecule has 1 aromatic heterocycles. The van der Waals surface area contributed by atoms with Gasteiger partial charge in [0.25, 0.3) is 0 Å². The number of hydrogen-bond acceptors (Lipinski definition) is 3. The third-order valence-corrected chi connectivity index (χ3v) is 2.83. The number of nitrogens with one attached hydrogen (secondary N) is 1. The minimum absolute atomic E-state index is 0.0742. The number of halogens is 1. The second kappa shape index (κ2) is 5.70. The lowest BCUT2D eigenvalue weighted by atomic mass is 10.1. The third-order valence-electron chi connectivity index (χ3n) is 2.45. The van der Waals surface area contributed by atoms with Crippen molar-refractivity contribution in [3.8, 4) is 0 Å². The second-order valence-electron chi connectivity index (χ2n) is 3.48. The van der Waals surface area contributed by atoms with Crippen LogP contribution in [0.25, 0.3) is 0 Å². The van der Waals surface area contributed by atoms with E-state index in [1.54, 1.807) is 0 Å². The van der Waals surface area contributed by atoms with E-state index in [-0.39, 0.29) is 16.6 Å². The molecule has 0 saturated carbocycles. The van der Waals surface area contributed by atoms with Crippen molar-refractivity contribution in [2.45, 2.75) is 32.7 Å². The standard InChI is InChI=1S/C11H15ClN2O2/c1-3-7(4-2)14-10-9(12)8(11(15)16)5-6-13-10/h5-7H,3-4H2,1-2H3,(H,13,14)(H,15,16). The fraction of sp³-hybridized carbons (Fsp3) is 0.455. The summed E-state index contributed by atoms with van der Waals surface area (Å²) >= 11 is 5.96. The van der Waals surface area contributed by atoms with Crippen LogP contribution in [0.2, 0.25) is 5.02 Å². The van der Waals surface area contributed by atoms with Gasteiger partial charge in [-0.3, -0.25) is 0 Å². The topological polar surface area (TPSA) is 62.2 Å². The Morgan fingerprint density at radius 3 is 2.69 bits per heavy atom. The molecule has 4 nitrogen and oxygen atoms in total. The normalized spacial score (nSPS) is 10.5. The quantitative estimate of drug-likeness (QED) is 0.833. The lowest BCUT2D eigenvalue weighted by molar-refractivity contribution is 0.0697. The number of nitrogens with zero attached hydrogens (tertiary/aromatic N) is 1. The van der Waals surface area contributed by atoms with Crippen LogP contribution in [0.3, 0.4) is 0 Å². The zero-order valence-electron chi connectivity index (χ0n) is 9.33. The Balaban J connectivity index is 2.97. The van der Waals surface area contributed by atoms with Crippen LogP contribution in [0, 0.1) is 0 Å². The van der Waals surface area contributed by atoms with Gasteiger partial charge in [-0.15, -0.1) is 0 Å². The summed E-state index contributed by atoms with van der Waals surface area (Å²) in [5.41, 5.74) is 0.0742. The summed E-state index contributed by atoms with van der Waals surface area (Å²) in [6.45, 7) is 4.10. The molecule has 0 aliphatic rings. The third kappa shape index (κ3) is 2.85. The number of carboxylic acids is 1. The van der Waals surface area contributed by atoms with E-state index in [9.17, 15) is 4.79 Å². The molecule has 0 aliphatic heterocycles. The number of hydrogen-bond donors (Lipinski definition) is 2. The summed E-state index contributed by atoms with van der Waals surface area (Å²) in [4.78, 5) is 14.9. The van der Waals surface area contributed by atoms with E-state index in [1.807, 2.05) is 0 Å². The van der Waals surface area contributed by atoms with Gasteiger partial charge >= 0.3 is 5.97 Å². The molecule has 0 radical (unpaired) electrons. The summed E-state index contributed by atoms with van der Waals surface area (Å²) in [6.07, 6.45) is 3.32. The van der Waals surface area contributed by atoms with E-state index in [0.717, 1.165) is 12.8 Å². The van der Waals surface area contributed by atoms with Crippen molar-refractivity contribution in [2.75, 3.05) is 5.32 Å². The lowest BCUT2D eigenvalue weighted by Gasteiger charge is -2.16. The van der Waals surface area contributed by atoms with Crippen LogP contribution in [-0.4, -0.2) is 22.1 Å². The maximum Gasteiger partial charge on any atom is 0.337 e. The maximum atomic E-state index is 10.9. The number of aromatic nitrogens is 1. The lowest BCUT2D eigenvalue weighted by Crippen LogP contribution is -2.18. The highest BCUT2D eigenvalue weighted by molar-refractivity contribution is 6.35. The van der Waals surface area contributed by atoms with E-state index in [0.29, 0.717) is 5.82 Å². The number of aromatic carboxylic acids is 1. The molecule has 0 fully saturated rings. The molecule has 0 aromatic carbocycles. The second-order valence-corrected chi connectivity index (χ2v) is 3.86. The van der Waals surface area contributed by atoms with Crippen molar-refractivity contribution in [3.63, 3.8) is 0 Å². The Kier molecular flexibility index (Phi) is 4.55. The fourth-order valence-corrected chi connectivity index (χ4v) is 1.64. The van der Waals surface area contributed by atoms with E-state index in [4.69, 9.17) is 16.7 Å². The number of anilines is 1. The van der Waals surface area contributed by atoms with E-state index >= 15 is 0 Å². The zero-order chi connectivity index (χ0) is 12.1.